The first-order valence-electron chi connectivity index (χ1n) is 7.83. The predicted molar refractivity (Wildman–Crippen MR) is 85.1 cm³/mol. The Labute approximate surface area is 147 Å². The lowest BCUT2D eigenvalue weighted by atomic mass is 9.83. The summed E-state index contributed by atoms with van der Waals surface area (Å²) in [4.78, 5) is 0. The number of nitrogens with zero attached hydrogens (tertiary/aromatic N) is 2. The monoisotopic (exact) mass is 364 g/mol. The van der Waals surface area contributed by atoms with Gasteiger partial charge in [0.1, 0.15) is 23.1 Å². The van der Waals surface area contributed by atoms with Gasteiger partial charge in [-0.15, -0.1) is 5.10 Å². The van der Waals surface area contributed by atoms with Crippen LogP contribution in [0.15, 0.2) is 35.7 Å². The number of benzene rings is 1. The number of aromatic nitrogens is 2. The second-order valence-corrected chi connectivity index (χ2v) is 5.63. The summed E-state index contributed by atoms with van der Waals surface area (Å²) >= 11 is 0. The highest BCUT2D eigenvalue weighted by molar-refractivity contribution is 5.58. The molecule has 6 nitrogen and oxygen atoms in total. The molecule has 0 saturated carbocycles. The van der Waals surface area contributed by atoms with Gasteiger partial charge in [0.05, 0.1) is 18.1 Å². The highest BCUT2D eigenvalue weighted by Crippen LogP contribution is 2.48. The molecule has 26 heavy (non-hydrogen) atoms. The lowest BCUT2D eigenvalue weighted by molar-refractivity contribution is -0.141. The molecule has 0 aliphatic carbocycles. The lowest BCUT2D eigenvalue weighted by Gasteiger charge is -2.25. The molecule has 0 spiro atoms. The van der Waals surface area contributed by atoms with Crippen LogP contribution < -0.4 is 15.2 Å². The SMILES string of the molecule is CCCOc1ccccc1C1C(C#N)=C(N)Oc2n[nH]c(C(F)(F)F)c21. The largest absolute Gasteiger partial charge is 0.493 e. The Kier molecular flexibility index (Phi) is 4.50. The number of ether oxygens (including phenoxy) is 2. The van der Waals surface area contributed by atoms with Gasteiger partial charge in [-0.05, 0) is 12.5 Å². The second kappa shape index (κ2) is 6.63. The number of fused-ring (bicyclic) bond motifs is 1. The lowest BCUT2D eigenvalue weighted by Crippen LogP contribution is -2.23. The number of nitrogens with two attached hydrogens (primary N) is 1. The van der Waals surface area contributed by atoms with Crippen LogP contribution in [0.5, 0.6) is 11.6 Å². The quantitative estimate of drug-likeness (QED) is 0.866. The van der Waals surface area contributed by atoms with E-state index >= 15 is 0 Å². The number of nitriles is 1. The summed E-state index contributed by atoms with van der Waals surface area (Å²) in [5.41, 5.74) is 4.66. The maximum Gasteiger partial charge on any atom is 0.433 e. The van der Waals surface area contributed by atoms with Crippen LogP contribution in [0.25, 0.3) is 0 Å². The van der Waals surface area contributed by atoms with Crippen LogP contribution in [-0.2, 0) is 6.18 Å². The minimum atomic E-state index is -4.70. The van der Waals surface area contributed by atoms with E-state index in [0.717, 1.165) is 6.42 Å². The first-order chi connectivity index (χ1) is 12.4. The van der Waals surface area contributed by atoms with Crippen molar-refractivity contribution in [3.63, 3.8) is 0 Å². The number of allylic oxidation sites excluding steroid dienone is 1. The zero-order valence-corrected chi connectivity index (χ0v) is 13.7. The first kappa shape index (κ1) is 17.7. The molecule has 0 amide bonds. The molecule has 9 heteroatoms. The van der Waals surface area contributed by atoms with E-state index in [4.69, 9.17) is 15.2 Å². The van der Waals surface area contributed by atoms with Crippen LogP contribution in [0.4, 0.5) is 13.2 Å². The number of H-pyrrole nitrogens is 1. The Morgan fingerprint density at radius 2 is 2.12 bits per heavy atom. The average Bonchev–Trinajstić information content (AvgIpc) is 3.02. The highest BCUT2D eigenvalue weighted by atomic mass is 19.4. The molecule has 1 aliphatic heterocycles. The van der Waals surface area contributed by atoms with E-state index in [2.05, 4.69) is 5.10 Å². The van der Waals surface area contributed by atoms with Crippen molar-refractivity contribution in [3.05, 3.63) is 52.5 Å². The fourth-order valence-corrected chi connectivity index (χ4v) is 2.83. The third-order valence-electron chi connectivity index (χ3n) is 3.91. The van der Waals surface area contributed by atoms with Crippen LogP contribution >= 0.6 is 0 Å². The van der Waals surface area contributed by atoms with E-state index in [0.29, 0.717) is 17.9 Å². The molecule has 1 aromatic heterocycles. The number of aromatic amines is 1. The zero-order valence-electron chi connectivity index (χ0n) is 13.7. The van der Waals surface area contributed by atoms with Gasteiger partial charge in [0.25, 0.3) is 0 Å². The van der Waals surface area contributed by atoms with Crippen molar-refractivity contribution in [2.24, 2.45) is 5.73 Å². The Balaban J connectivity index is 2.24. The summed E-state index contributed by atoms with van der Waals surface area (Å²) in [5, 5.41) is 15.0. The second-order valence-electron chi connectivity index (χ2n) is 5.63. The third-order valence-corrected chi connectivity index (χ3v) is 3.91. The molecule has 1 aromatic carbocycles. The molecule has 3 rings (SSSR count). The maximum atomic E-state index is 13.4. The van der Waals surface area contributed by atoms with Crippen molar-refractivity contribution < 1.29 is 22.6 Å². The number of halogens is 3. The maximum absolute atomic E-state index is 13.4. The van der Waals surface area contributed by atoms with Gasteiger partial charge >= 0.3 is 6.18 Å². The molecular weight excluding hydrogens is 349 g/mol. The van der Waals surface area contributed by atoms with E-state index in [1.54, 1.807) is 24.3 Å². The van der Waals surface area contributed by atoms with E-state index in [9.17, 15) is 18.4 Å². The Morgan fingerprint density at radius 1 is 1.38 bits per heavy atom. The van der Waals surface area contributed by atoms with Gasteiger partial charge in [-0.3, -0.25) is 5.10 Å². The van der Waals surface area contributed by atoms with Gasteiger partial charge in [0, 0.05) is 5.56 Å². The molecule has 0 fully saturated rings. The topological polar surface area (TPSA) is 96.9 Å². The van der Waals surface area contributed by atoms with E-state index in [1.807, 2.05) is 18.1 Å². The fourth-order valence-electron chi connectivity index (χ4n) is 2.83. The summed E-state index contributed by atoms with van der Waals surface area (Å²) in [6, 6.07) is 8.45. The number of alkyl halides is 3. The zero-order chi connectivity index (χ0) is 18.9. The molecule has 1 aliphatic rings. The fraction of sp³-hybridized carbons (Fsp3) is 0.294. The van der Waals surface area contributed by atoms with Crippen LogP contribution in [0.1, 0.15) is 36.1 Å². The molecule has 0 saturated heterocycles. The van der Waals surface area contributed by atoms with Crippen molar-refractivity contribution >= 4 is 0 Å². The van der Waals surface area contributed by atoms with Gasteiger partial charge in [-0.2, -0.15) is 18.4 Å². The average molecular weight is 364 g/mol. The van der Waals surface area contributed by atoms with Gasteiger partial charge in [0.2, 0.25) is 11.8 Å². The Bertz CT molecular complexity index is 896. The number of hydrogen-bond donors (Lipinski definition) is 2. The van der Waals surface area contributed by atoms with Gasteiger partial charge < -0.3 is 15.2 Å². The summed E-state index contributed by atoms with van der Waals surface area (Å²) in [7, 11) is 0. The van der Waals surface area contributed by atoms with Crippen LogP contribution in [0.2, 0.25) is 0 Å². The summed E-state index contributed by atoms with van der Waals surface area (Å²) in [6.45, 7) is 2.29. The molecule has 1 unspecified atom stereocenters. The van der Waals surface area contributed by atoms with Crippen LogP contribution in [0.3, 0.4) is 0 Å². The molecule has 136 valence electrons. The highest BCUT2D eigenvalue weighted by Gasteiger charge is 2.45. The molecule has 2 heterocycles. The van der Waals surface area contributed by atoms with E-state index in [1.165, 1.54) is 0 Å². The van der Waals surface area contributed by atoms with E-state index < -0.39 is 17.8 Å². The Morgan fingerprint density at radius 3 is 2.77 bits per heavy atom. The summed E-state index contributed by atoms with van der Waals surface area (Å²) in [5.74, 6) is -1.31. The van der Waals surface area contributed by atoms with Crippen LogP contribution in [-0.4, -0.2) is 16.8 Å². The molecule has 2 aromatic rings. The number of nitrogens with one attached hydrogen (secondary N) is 1. The summed E-state index contributed by atoms with van der Waals surface area (Å²) in [6.07, 6.45) is -3.98. The first-order valence-corrected chi connectivity index (χ1v) is 7.83. The van der Waals surface area contributed by atoms with Crippen molar-refractivity contribution in [2.75, 3.05) is 6.61 Å². The van der Waals surface area contributed by atoms with Gasteiger partial charge in [0.15, 0.2) is 0 Å². The summed E-state index contributed by atoms with van der Waals surface area (Å²) < 4.78 is 51.1. The Hall–Kier alpha value is -3.15. The third kappa shape index (κ3) is 2.94. The predicted octanol–water partition coefficient (Wildman–Crippen LogP) is 3.44. The van der Waals surface area contributed by atoms with Crippen molar-refractivity contribution in [1.29, 1.82) is 5.26 Å². The minimum absolute atomic E-state index is 0.128. The molecular formula is C17H15F3N4O2. The molecule has 3 N–H and O–H groups in total. The normalized spacial score (nSPS) is 16.7. The van der Waals surface area contributed by atoms with Gasteiger partial charge in [-0.25, -0.2) is 0 Å². The molecule has 0 bridgehead atoms. The standard InChI is InChI=1S/C17H15F3N4O2/c1-2-7-25-11-6-4-3-5-9(11)12-10(8-21)15(22)26-16-13(12)14(23-24-16)17(18,19)20/h3-6,12H,2,7,22H2,1H3,(H,23,24). The number of para-hydroxylation sites is 1. The van der Waals surface area contributed by atoms with Crippen molar-refractivity contribution in [3.8, 4) is 17.7 Å². The molecule has 0 radical (unpaired) electrons. The van der Waals surface area contributed by atoms with Gasteiger partial charge in [-0.1, -0.05) is 25.1 Å². The van der Waals surface area contributed by atoms with E-state index in [-0.39, 0.29) is 22.9 Å². The molecule has 1 atom stereocenters. The smallest absolute Gasteiger partial charge is 0.433 e. The minimum Gasteiger partial charge on any atom is -0.493 e. The van der Waals surface area contributed by atoms with Crippen molar-refractivity contribution in [1.82, 2.24) is 10.2 Å². The number of rotatable bonds is 4. The van der Waals surface area contributed by atoms with Crippen LogP contribution in [0, 0.1) is 11.3 Å². The van der Waals surface area contributed by atoms with Crippen molar-refractivity contribution in [2.45, 2.75) is 25.4 Å². The number of hydrogen-bond acceptors (Lipinski definition) is 5.